The highest BCUT2D eigenvalue weighted by atomic mass is 16.5. The Morgan fingerprint density at radius 2 is 2.33 bits per heavy atom. The molecule has 0 saturated carbocycles. The Morgan fingerprint density at radius 3 is 3.00 bits per heavy atom. The van der Waals surface area contributed by atoms with Gasteiger partial charge in [-0.1, -0.05) is 19.1 Å². The van der Waals surface area contributed by atoms with Crippen molar-refractivity contribution in [1.82, 2.24) is 0 Å². The Labute approximate surface area is 89.3 Å². The summed E-state index contributed by atoms with van der Waals surface area (Å²) in [6.45, 7) is 2.04. The zero-order valence-corrected chi connectivity index (χ0v) is 8.69. The average molecular weight is 203 g/mol. The van der Waals surface area contributed by atoms with Crippen molar-refractivity contribution in [1.29, 1.82) is 5.26 Å². The van der Waals surface area contributed by atoms with Gasteiger partial charge in [-0.15, -0.1) is 0 Å². The van der Waals surface area contributed by atoms with Gasteiger partial charge in [0.05, 0.1) is 12.5 Å². The Hall–Kier alpha value is -1.82. The number of esters is 1. The molecule has 0 heterocycles. The van der Waals surface area contributed by atoms with Crippen LogP contribution in [0.15, 0.2) is 24.3 Å². The lowest BCUT2D eigenvalue weighted by molar-refractivity contribution is -0.134. The second kappa shape index (κ2) is 5.82. The zero-order valence-electron chi connectivity index (χ0n) is 8.69. The lowest BCUT2D eigenvalue weighted by Gasteiger charge is -2.04. The molecule has 15 heavy (non-hydrogen) atoms. The molecule has 3 nitrogen and oxygen atoms in total. The minimum atomic E-state index is -0.357. The third kappa shape index (κ3) is 3.82. The maximum absolute atomic E-state index is 11.2. The van der Waals surface area contributed by atoms with E-state index in [1.807, 2.05) is 31.2 Å². The molecule has 0 aliphatic heterocycles. The van der Waals surface area contributed by atoms with Gasteiger partial charge in [-0.3, -0.25) is 4.79 Å². The van der Waals surface area contributed by atoms with Crippen molar-refractivity contribution in [3.8, 4) is 11.8 Å². The van der Waals surface area contributed by atoms with Crippen molar-refractivity contribution in [3.63, 3.8) is 0 Å². The van der Waals surface area contributed by atoms with E-state index in [1.165, 1.54) is 0 Å². The highest BCUT2D eigenvalue weighted by Crippen LogP contribution is 2.14. The Morgan fingerprint density at radius 1 is 1.53 bits per heavy atom. The van der Waals surface area contributed by atoms with Gasteiger partial charge in [-0.05, 0) is 24.1 Å². The van der Waals surface area contributed by atoms with Crippen molar-refractivity contribution in [2.45, 2.75) is 26.2 Å². The molecule has 0 amide bonds. The van der Waals surface area contributed by atoms with Gasteiger partial charge in [-0.2, -0.15) is 5.26 Å². The molecule has 0 saturated heterocycles. The third-order valence-electron chi connectivity index (χ3n) is 1.98. The summed E-state index contributed by atoms with van der Waals surface area (Å²) < 4.78 is 5.07. The number of nitriles is 1. The third-order valence-corrected chi connectivity index (χ3v) is 1.98. The first-order valence-electron chi connectivity index (χ1n) is 4.93. The molecule has 0 unspecified atom stereocenters. The van der Waals surface area contributed by atoms with Crippen LogP contribution in [0.1, 0.15) is 25.3 Å². The summed E-state index contributed by atoms with van der Waals surface area (Å²) >= 11 is 0. The summed E-state index contributed by atoms with van der Waals surface area (Å²) in [5, 5.41) is 8.31. The van der Waals surface area contributed by atoms with Gasteiger partial charge in [0, 0.05) is 6.42 Å². The molecule has 0 aliphatic rings. The topological polar surface area (TPSA) is 50.1 Å². The van der Waals surface area contributed by atoms with Crippen LogP contribution in [0.3, 0.4) is 0 Å². The van der Waals surface area contributed by atoms with E-state index in [0.29, 0.717) is 5.75 Å². The number of rotatable bonds is 4. The number of hydrogen-bond donors (Lipinski definition) is 0. The second-order valence-corrected chi connectivity index (χ2v) is 3.13. The Bertz CT molecular complexity index is 379. The fourth-order valence-corrected chi connectivity index (χ4v) is 1.17. The number of nitrogens with zero attached hydrogens (tertiary/aromatic N) is 1. The lowest BCUT2D eigenvalue weighted by atomic mass is 10.2. The van der Waals surface area contributed by atoms with Gasteiger partial charge in [0.25, 0.3) is 0 Å². The van der Waals surface area contributed by atoms with Gasteiger partial charge >= 0.3 is 5.97 Å². The van der Waals surface area contributed by atoms with Gasteiger partial charge in [-0.25, -0.2) is 0 Å². The van der Waals surface area contributed by atoms with Crippen LogP contribution >= 0.6 is 0 Å². The molecule has 0 aliphatic carbocycles. The van der Waals surface area contributed by atoms with E-state index in [2.05, 4.69) is 0 Å². The predicted octanol–water partition coefficient (Wildman–Crippen LogP) is 2.46. The highest BCUT2D eigenvalue weighted by molar-refractivity contribution is 5.72. The first kappa shape index (κ1) is 11.3. The van der Waals surface area contributed by atoms with E-state index in [-0.39, 0.29) is 18.8 Å². The zero-order chi connectivity index (χ0) is 11.1. The fraction of sp³-hybridized carbons (Fsp3) is 0.333. The molecule has 0 aromatic heterocycles. The van der Waals surface area contributed by atoms with Crippen molar-refractivity contribution < 1.29 is 9.53 Å². The van der Waals surface area contributed by atoms with Crippen LogP contribution < -0.4 is 4.74 Å². The number of ether oxygens (including phenoxy) is 1. The molecule has 0 spiro atoms. The van der Waals surface area contributed by atoms with Crippen molar-refractivity contribution >= 4 is 5.97 Å². The summed E-state index contributed by atoms with van der Waals surface area (Å²) in [6, 6.07) is 9.31. The van der Waals surface area contributed by atoms with E-state index in [0.717, 1.165) is 12.0 Å². The van der Waals surface area contributed by atoms with E-state index in [9.17, 15) is 4.79 Å². The van der Waals surface area contributed by atoms with E-state index >= 15 is 0 Å². The van der Waals surface area contributed by atoms with Crippen LogP contribution in [0.2, 0.25) is 0 Å². The van der Waals surface area contributed by atoms with Crippen molar-refractivity contribution in [2.24, 2.45) is 0 Å². The van der Waals surface area contributed by atoms with E-state index in [4.69, 9.17) is 10.00 Å². The van der Waals surface area contributed by atoms with Crippen molar-refractivity contribution in [3.05, 3.63) is 29.8 Å². The number of carbonyl (C=O) groups excluding carboxylic acids is 1. The minimum absolute atomic E-state index is 0.146. The standard InChI is InChI=1S/C12H13NO2/c1-2-10-5-3-6-11(9-10)15-12(14)7-4-8-13/h3,5-6,9H,2,4,7H2,1H3. The van der Waals surface area contributed by atoms with Gasteiger partial charge in [0.15, 0.2) is 0 Å². The molecule has 0 fully saturated rings. The van der Waals surface area contributed by atoms with Crippen LogP contribution in [0.25, 0.3) is 0 Å². The first-order valence-corrected chi connectivity index (χ1v) is 4.93. The minimum Gasteiger partial charge on any atom is -0.426 e. The molecule has 0 bridgehead atoms. The molecule has 1 aromatic carbocycles. The number of hydrogen-bond acceptors (Lipinski definition) is 3. The predicted molar refractivity (Wildman–Crippen MR) is 56.3 cm³/mol. The largest absolute Gasteiger partial charge is 0.426 e. The lowest BCUT2D eigenvalue weighted by Crippen LogP contribution is -2.07. The maximum Gasteiger partial charge on any atom is 0.312 e. The SMILES string of the molecule is CCc1cccc(OC(=O)CCC#N)c1. The second-order valence-electron chi connectivity index (χ2n) is 3.13. The summed E-state index contributed by atoms with van der Waals surface area (Å²) in [7, 11) is 0. The molecule has 1 aromatic rings. The first-order chi connectivity index (χ1) is 7.26. The summed E-state index contributed by atoms with van der Waals surface area (Å²) in [6.07, 6.45) is 1.25. The maximum atomic E-state index is 11.2. The summed E-state index contributed by atoms with van der Waals surface area (Å²) in [4.78, 5) is 11.2. The molecular weight excluding hydrogens is 190 g/mol. The molecule has 3 heteroatoms. The Kier molecular flexibility index (Phi) is 4.36. The van der Waals surface area contributed by atoms with Crippen LogP contribution in [-0.4, -0.2) is 5.97 Å². The fourth-order valence-electron chi connectivity index (χ4n) is 1.17. The average Bonchev–Trinajstić information content (AvgIpc) is 2.26. The molecule has 1 rings (SSSR count). The van der Waals surface area contributed by atoms with Gasteiger partial charge in [0.2, 0.25) is 0 Å². The smallest absolute Gasteiger partial charge is 0.312 e. The molecule has 0 N–H and O–H groups in total. The van der Waals surface area contributed by atoms with Crippen LogP contribution in [-0.2, 0) is 11.2 Å². The van der Waals surface area contributed by atoms with E-state index in [1.54, 1.807) is 6.07 Å². The highest BCUT2D eigenvalue weighted by Gasteiger charge is 2.04. The monoisotopic (exact) mass is 203 g/mol. The number of benzene rings is 1. The molecule has 78 valence electrons. The normalized spacial score (nSPS) is 9.33. The Balaban J connectivity index is 2.57. The number of carbonyl (C=O) groups is 1. The van der Waals surface area contributed by atoms with Gasteiger partial charge < -0.3 is 4.74 Å². The van der Waals surface area contributed by atoms with Crippen LogP contribution in [0, 0.1) is 11.3 Å². The molecular formula is C12H13NO2. The summed E-state index contributed by atoms with van der Waals surface area (Å²) in [5.74, 6) is 0.196. The quantitative estimate of drug-likeness (QED) is 0.558. The molecule has 0 atom stereocenters. The summed E-state index contributed by atoms with van der Waals surface area (Å²) in [5.41, 5.74) is 1.13. The van der Waals surface area contributed by atoms with Crippen LogP contribution in [0.4, 0.5) is 0 Å². The number of aryl methyl sites for hydroxylation is 1. The molecule has 0 radical (unpaired) electrons. The van der Waals surface area contributed by atoms with Crippen molar-refractivity contribution in [2.75, 3.05) is 0 Å². The van der Waals surface area contributed by atoms with Crippen LogP contribution in [0.5, 0.6) is 5.75 Å². The van der Waals surface area contributed by atoms with E-state index < -0.39 is 0 Å². The van der Waals surface area contributed by atoms with Gasteiger partial charge in [0.1, 0.15) is 5.75 Å².